The number of nitrogens with zero attached hydrogens (tertiary/aromatic N) is 4. The van der Waals surface area contributed by atoms with Crippen molar-refractivity contribution >= 4 is 44.2 Å². The van der Waals surface area contributed by atoms with Crippen LogP contribution in [-0.4, -0.2) is 43.8 Å². The maximum absolute atomic E-state index is 12.1. The number of hydrogen-bond acceptors (Lipinski definition) is 6. The second kappa shape index (κ2) is 9.52. The number of halogens is 1. The number of ketones is 1. The van der Waals surface area contributed by atoms with Crippen molar-refractivity contribution in [2.24, 2.45) is 5.92 Å². The van der Waals surface area contributed by atoms with E-state index >= 15 is 0 Å². The van der Waals surface area contributed by atoms with Gasteiger partial charge in [-0.1, -0.05) is 36.2 Å². The summed E-state index contributed by atoms with van der Waals surface area (Å²) in [7, 11) is 1.65. The summed E-state index contributed by atoms with van der Waals surface area (Å²) in [5.41, 5.74) is 2.49. The second-order valence-electron chi connectivity index (χ2n) is 7.57. The van der Waals surface area contributed by atoms with Gasteiger partial charge in [-0.15, -0.1) is 10.2 Å². The molecule has 0 aliphatic rings. The van der Waals surface area contributed by atoms with E-state index in [9.17, 15) is 4.79 Å². The van der Waals surface area contributed by atoms with Crippen LogP contribution in [-0.2, 0) is 4.79 Å². The first-order chi connectivity index (χ1) is 13.9. The SMILES string of the molecule is COc1ccc2c(c1)nc(NCCCCCC(=O)[C@@H](Br)C(C)C)c1nnc(C)n12. The number of methoxy groups -OCH3 is 1. The molecule has 7 nitrogen and oxygen atoms in total. The normalized spacial score (nSPS) is 12.6. The Balaban J connectivity index is 1.63. The van der Waals surface area contributed by atoms with Crippen molar-refractivity contribution in [2.75, 3.05) is 19.0 Å². The van der Waals surface area contributed by atoms with Crippen molar-refractivity contribution in [1.82, 2.24) is 19.6 Å². The standard InChI is InChI=1S/C21H28BrN5O2/c1-13(2)19(22)18(28)8-6-5-7-11-23-20-21-26-25-14(3)27(21)17-10-9-15(29-4)12-16(17)24-20/h9-10,12-13,19H,5-8,11H2,1-4H3,(H,23,24)/t19-/m0/s1. The van der Waals surface area contributed by atoms with Gasteiger partial charge in [-0.3, -0.25) is 9.20 Å². The third-order valence-electron chi connectivity index (χ3n) is 4.98. The topological polar surface area (TPSA) is 81.4 Å². The molecule has 156 valence electrons. The van der Waals surface area contributed by atoms with Gasteiger partial charge in [0, 0.05) is 19.0 Å². The number of rotatable bonds is 10. The lowest BCUT2D eigenvalue weighted by atomic mass is 10.0. The minimum Gasteiger partial charge on any atom is -0.497 e. The van der Waals surface area contributed by atoms with Gasteiger partial charge in [0.15, 0.2) is 5.82 Å². The summed E-state index contributed by atoms with van der Waals surface area (Å²) in [4.78, 5) is 16.8. The van der Waals surface area contributed by atoms with Crippen LogP contribution in [0.2, 0.25) is 0 Å². The van der Waals surface area contributed by atoms with E-state index in [0.717, 1.165) is 54.1 Å². The highest BCUT2D eigenvalue weighted by atomic mass is 79.9. The van der Waals surface area contributed by atoms with Crippen LogP contribution in [0.15, 0.2) is 18.2 Å². The molecule has 0 radical (unpaired) electrons. The van der Waals surface area contributed by atoms with Crippen molar-refractivity contribution in [1.29, 1.82) is 0 Å². The summed E-state index contributed by atoms with van der Waals surface area (Å²) in [6.07, 6.45) is 3.46. The number of alkyl halides is 1. The first-order valence-electron chi connectivity index (χ1n) is 10.0. The van der Waals surface area contributed by atoms with Crippen LogP contribution in [0.25, 0.3) is 16.7 Å². The molecule has 1 atom stereocenters. The van der Waals surface area contributed by atoms with Gasteiger partial charge < -0.3 is 10.1 Å². The van der Waals surface area contributed by atoms with Gasteiger partial charge in [-0.25, -0.2) is 4.98 Å². The van der Waals surface area contributed by atoms with E-state index in [2.05, 4.69) is 45.3 Å². The van der Waals surface area contributed by atoms with Crippen molar-refractivity contribution < 1.29 is 9.53 Å². The van der Waals surface area contributed by atoms with E-state index in [0.29, 0.717) is 23.9 Å². The van der Waals surface area contributed by atoms with Crippen LogP contribution in [0.1, 0.15) is 45.4 Å². The number of Topliss-reactive ketones (excluding diaryl/α,β-unsaturated/α-hetero) is 1. The first kappa shape index (κ1) is 21.5. The summed E-state index contributed by atoms with van der Waals surface area (Å²) in [5.74, 6) is 2.91. The number of benzene rings is 1. The number of hydrogen-bond donors (Lipinski definition) is 1. The molecule has 2 aromatic heterocycles. The van der Waals surface area contributed by atoms with Crippen molar-refractivity contribution in [3.8, 4) is 5.75 Å². The molecule has 0 saturated heterocycles. The average Bonchev–Trinajstić information content (AvgIpc) is 3.11. The highest BCUT2D eigenvalue weighted by molar-refractivity contribution is 9.10. The number of carbonyl (C=O) groups is 1. The van der Waals surface area contributed by atoms with Gasteiger partial charge in [0.2, 0.25) is 5.65 Å². The van der Waals surface area contributed by atoms with Crippen molar-refractivity contribution in [3.63, 3.8) is 0 Å². The smallest absolute Gasteiger partial charge is 0.204 e. The fraction of sp³-hybridized carbons (Fsp3) is 0.524. The zero-order valence-corrected chi connectivity index (χ0v) is 19.0. The van der Waals surface area contributed by atoms with E-state index in [1.165, 1.54) is 0 Å². The lowest BCUT2D eigenvalue weighted by molar-refractivity contribution is -0.119. The number of carbonyl (C=O) groups excluding carboxylic acids is 1. The predicted molar refractivity (Wildman–Crippen MR) is 119 cm³/mol. The van der Waals surface area contributed by atoms with Gasteiger partial charge in [-0.05, 0) is 37.8 Å². The molecule has 1 N–H and O–H groups in total. The first-order valence-corrected chi connectivity index (χ1v) is 10.9. The Morgan fingerprint density at radius 2 is 2.03 bits per heavy atom. The second-order valence-corrected chi connectivity index (χ2v) is 8.56. The number of aryl methyl sites for hydroxylation is 1. The van der Waals surface area contributed by atoms with Gasteiger partial charge >= 0.3 is 0 Å². The zero-order chi connectivity index (χ0) is 21.0. The average molecular weight is 462 g/mol. The van der Waals surface area contributed by atoms with E-state index < -0.39 is 0 Å². The Labute approximate surface area is 179 Å². The monoisotopic (exact) mass is 461 g/mol. The molecule has 2 heterocycles. The predicted octanol–water partition coefficient (Wildman–Crippen LogP) is 4.56. The summed E-state index contributed by atoms with van der Waals surface area (Å²) in [5, 5.41) is 11.9. The number of aromatic nitrogens is 4. The fourth-order valence-corrected chi connectivity index (χ4v) is 3.55. The van der Waals surface area contributed by atoms with Gasteiger partial charge in [-0.2, -0.15) is 0 Å². The number of ether oxygens (including phenoxy) is 1. The van der Waals surface area contributed by atoms with Crippen LogP contribution >= 0.6 is 15.9 Å². The van der Waals surface area contributed by atoms with Crippen molar-refractivity contribution in [3.05, 3.63) is 24.0 Å². The lowest BCUT2D eigenvalue weighted by Crippen LogP contribution is -2.19. The number of nitrogens with one attached hydrogen (secondary N) is 1. The molecule has 0 aliphatic carbocycles. The van der Waals surface area contributed by atoms with Gasteiger partial charge in [0.05, 0.1) is 23.0 Å². The largest absolute Gasteiger partial charge is 0.497 e. The molecule has 3 aromatic rings. The van der Waals surface area contributed by atoms with E-state index in [-0.39, 0.29) is 4.83 Å². The van der Waals surface area contributed by atoms with E-state index in [1.54, 1.807) is 7.11 Å². The third kappa shape index (κ3) is 4.86. The molecule has 8 heteroatoms. The Bertz CT molecular complexity index is 1000. The number of fused-ring (bicyclic) bond motifs is 3. The minimum absolute atomic E-state index is 0.0381. The fourth-order valence-electron chi connectivity index (χ4n) is 3.32. The Kier molecular flexibility index (Phi) is 7.05. The molecular formula is C21H28BrN5O2. The molecule has 0 fully saturated rings. The molecule has 3 rings (SSSR count). The molecule has 0 unspecified atom stereocenters. The summed E-state index contributed by atoms with van der Waals surface area (Å²) in [6, 6.07) is 5.80. The van der Waals surface area contributed by atoms with Gasteiger partial charge in [0.25, 0.3) is 0 Å². The summed E-state index contributed by atoms with van der Waals surface area (Å²) >= 11 is 3.48. The maximum atomic E-state index is 12.1. The highest BCUT2D eigenvalue weighted by Crippen LogP contribution is 2.25. The minimum atomic E-state index is -0.0381. The van der Waals surface area contributed by atoms with E-state index in [4.69, 9.17) is 9.72 Å². The van der Waals surface area contributed by atoms with Crippen LogP contribution in [0.3, 0.4) is 0 Å². The molecule has 0 saturated carbocycles. The molecule has 0 amide bonds. The highest BCUT2D eigenvalue weighted by Gasteiger charge is 2.17. The van der Waals surface area contributed by atoms with Crippen LogP contribution < -0.4 is 10.1 Å². The zero-order valence-electron chi connectivity index (χ0n) is 17.4. The molecule has 0 bridgehead atoms. The molecule has 1 aromatic carbocycles. The molecule has 0 spiro atoms. The Hall–Kier alpha value is -2.22. The Morgan fingerprint density at radius 3 is 2.76 bits per heavy atom. The third-order valence-corrected chi connectivity index (χ3v) is 6.55. The number of unbranched alkanes of at least 4 members (excludes halogenated alkanes) is 2. The van der Waals surface area contributed by atoms with Gasteiger partial charge in [0.1, 0.15) is 17.4 Å². The van der Waals surface area contributed by atoms with Crippen LogP contribution in [0, 0.1) is 12.8 Å². The summed E-state index contributed by atoms with van der Waals surface area (Å²) in [6.45, 7) is 6.81. The lowest BCUT2D eigenvalue weighted by Gasteiger charge is -2.12. The molecule has 0 aliphatic heterocycles. The summed E-state index contributed by atoms with van der Waals surface area (Å²) < 4.78 is 7.34. The molecule has 29 heavy (non-hydrogen) atoms. The van der Waals surface area contributed by atoms with Crippen LogP contribution in [0.5, 0.6) is 5.75 Å². The Morgan fingerprint density at radius 1 is 1.24 bits per heavy atom. The number of anilines is 1. The van der Waals surface area contributed by atoms with Crippen LogP contribution in [0.4, 0.5) is 5.82 Å². The maximum Gasteiger partial charge on any atom is 0.204 e. The van der Waals surface area contributed by atoms with Crippen molar-refractivity contribution in [2.45, 2.75) is 51.3 Å². The molecular weight excluding hydrogens is 434 g/mol. The quantitative estimate of drug-likeness (QED) is 0.352. The van der Waals surface area contributed by atoms with E-state index in [1.807, 2.05) is 29.5 Å².